The number of rotatable bonds is 6. The monoisotopic (exact) mass is 446 g/mol. The molecule has 0 aliphatic carbocycles. The SMILES string of the molecule is O=C1Nc2ccc(F)cc2/C1=C/Nc1ccc(NC2CCN(Cc3ccccc3)C2)c(F)c1. The van der Waals surface area contributed by atoms with Crippen molar-refractivity contribution in [3.05, 3.63) is 95.7 Å². The van der Waals surface area contributed by atoms with E-state index in [0.717, 1.165) is 26.1 Å². The number of halogens is 2. The van der Waals surface area contributed by atoms with Crippen LogP contribution in [0.2, 0.25) is 0 Å². The third-order valence-corrected chi connectivity index (χ3v) is 6.00. The maximum atomic E-state index is 14.8. The van der Waals surface area contributed by atoms with Crippen LogP contribution in [-0.4, -0.2) is 29.9 Å². The lowest BCUT2D eigenvalue weighted by molar-refractivity contribution is -0.110. The molecule has 0 spiro atoms. The fourth-order valence-corrected chi connectivity index (χ4v) is 4.34. The molecule has 2 heterocycles. The molecule has 33 heavy (non-hydrogen) atoms. The van der Waals surface area contributed by atoms with Crippen LogP contribution < -0.4 is 16.0 Å². The summed E-state index contributed by atoms with van der Waals surface area (Å²) >= 11 is 0. The molecule has 1 fully saturated rings. The van der Waals surface area contributed by atoms with Gasteiger partial charge in [-0.15, -0.1) is 0 Å². The Labute approximate surface area is 191 Å². The Kier molecular flexibility index (Phi) is 5.79. The molecule has 1 atom stereocenters. The minimum absolute atomic E-state index is 0.178. The van der Waals surface area contributed by atoms with Crippen molar-refractivity contribution >= 4 is 28.5 Å². The van der Waals surface area contributed by atoms with Gasteiger partial charge in [0.05, 0.1) is 11.3 Å². The van der Waals surface area contributed by atoms with E-state index in [0.29, 0.717) is 28.2 Å². The summed E-state index contributed by atoms with van der Waals surface area (Å²) in [5.41, 5.74) is 3.56. The Balaban J connectivity index is 1.21. The predicted molar refractivity (Wildman–Crippen MR) is 127 cm³/mol. The Bertz CT molecular complexity index is 1210. The van der Waals surface area contributed by atoms with E-state index in [1.165, 1.54) is 36.0 Å². The Morgan fingerprint density at radius 2 is 1.91 bits per heavy atom. The number of hydrogen-bond acceptors (Lipinski definition) is 4. The molecule has 0 bridgehead atoms. The molecule has 1 amide bonds. The highest BCUT2D eigenvalue weighted by Gasteiger charge is 2.25. The van der Waals surface area contributed by atoms with Crippen molar-refractivity contribution in [2.75, 3.05) is 29.0 Å². The average molecular weight is 447 g/mol. The number of nitrogens with zero attached hydrogens (tertiary/aromatic N) is 1. The molecule has 3 aromatic carbocycles. The van der Waals surface area contributed by atoms with Crippen molar-refractivity contribution in [1.82, 2.24) is 4.90 Å². The zero-order valence-corrected chi connectivity index (χ0v) is 17.9. The van der Waals surface area contributed by atoms with E-state index in [1.54, 1.807) is 12.1 Å². The van der Waals surface area contributed by atoms with Crippen LogP contribution in [0.15, 0.2) is 72.9 Å². The van der Waals surface area contributed by atoms with Gasteiger partial charge in [-0.25, -0.2) is 8.78 Å². The van der Waals surface area contributed by atoms with E-state index in [9.17, 15) is 13.6 Å². The Morgan fingerprint density at radius 1 is 1.06 bits per heavy atom. The summed E-state index contributed by atoms with van der Waals surface area (Å²) in [6.45, 7) is 2.71. The Morgan fingerprint density at radius 3 is 2.73 bits per heavy atom. The van der Waals surface area contributed by atoms with Crippen LogP contribution in [0, 0.1) is 11.6 Å². The van der Waals surface area contributed by atoms with E-state index < -0.39 is 5.82 Å². The van der Waals surface area contributed by atoms with Gasteiger partial charge in [0.2, 0.25) is 0 Å². The van der Waals surface area contributed by atoms with Gasteiger partial charge in [0, 0.05) is 48.8 Å². The minimum atomic E-state index is -0.424. The minimum Gasteiger partial charge on any atom is -0.379 e. The van der Waals surface area contributed by atoms with Gasteiger partial charge >= 0.3 is 0 Å². The van der Waals surface area contributed by atoms with E-state index in [1.807, 2.05) is 18.2 Å². The molecule has 5 rings (SSSR count). The molecule has 168 valence electrons. The van der Waals surface area contributed by atoms with Gasteiger partial charge in [-0.3, -0.25) is 9.69 Å². The smallest absolute Gasteiger partial charge is 0.257 e. The van der Waals surface area contributed by atoms with Crippen LogP contribution in [0.5, 0.6) is 0 Å². The maximum absolute atomic E-state index is 14.8. The third kappa shape index (κ3) is 4.73. The van der Waals surface area contributed by atoms with Crippen LogP contribution in [0.3, 0.4) is 0 Å². The molecular formula is C26H24F2N4O. The van der Waals surface area contributed by atoms with Gasteiger partial charge in [0.1, 0.15) is 11.6 Å². The van der Waals surface area contributed by atoms with Crippen molar-refractivity contribution in [3.63, 3.8) is 0 Å². The second kappa shape index (κ2) is 9.03. The maximum Gasteiger partial charge on any atom is 0.257 e. The topological polar surface area (TPSA) is 56.4 Å². The van der Waals surface area contributed by atoms with Crippen LogP contribution in [-0.2, 0) is 11.3 Å². The summed E-state index contributed by atoms with van der Waals surface area (Å²) in [5, 5.41) is 8.95. The van der Waals surface area contributed by atoms with Crippen molar-refractivity contribution < 1.29 is 13.6 Å². The molecule has 3 N–H and O–H groups in total. The van der Waals surface area contributed by atoms with Gasteiger partial charge in [-0.05, 0) is 48.4 Å². The number of carbonyl (C=O) groups is 1. The van der Waals surface area contributed by atoms with E-state index in [2.05, 4.69) is 33.0 Å². The Hall–Kier alpha value is -3.71. The molecule has 5 nitrogen and oxygen atoms in total. The molecule has 0 saturated carbocycles. The molecular weight excluding hydrogens is 422 g/mol. The number of benzene rings is 3. The number of carbonyl (C=O) groups excluding carboxylic acids is 1. The number of likely N-dealkylation sites (tertiary alicyclic amines) is 1. The summed E-state index contributed by atoms with van der Waals surface area (Å²) in [7, 11) is 0. The zero-order chi connectivity index (χ0) is 22.8. The number of nitrogens with one attached hydrogen (secondary N) is 3. The molecule has 2 aliphatic heterocycles. The first-order chi connectivity index (χ1) is 16.0. The van der Waals surface area contributed by atoms with Crippen molar-refractivity contribution in [1.29, 1.82) is 0 Å². The first kappa shape index (κ1) is 21.2. The van der Waals surface area contributed by atoms with Crippen molar-refractivity contribution in [2.45, 2.75) is 19.0 Å². The number of amides is 1. The lowest BCUT2D eigenvalue weighted by Gasteiger charge is -2.18. The lowest BCUT2D eigenvalue weighted by atomic mass is 10.1. The average Bonchev–Trinajstić information content (AvgIpc) is 3.37. The van der Waals surface area contributed by atoms with Gasteiger partial charge in [-0.1, -0.05) is 30.3 Å². The first-order valence-electron chi connectivity index (χ1n) is 11.0. The highest BCUT2D eigenvalue weighted by atomic mass is 19.1. The summed E-state index contributed by atoms with van der Waals surface area (Å²) < 4.78 is 28.3. The first-order valence-corrected chi connectivity index (χ1v) is 11.0. The zero-order valence-electron chi connectivity index (χ0n) is 17.9. The highest BCUT2D eigenvalue weighted by Crippen LogP contribution is 2.32. The standard InChI is InChI=1S/C26H24F2N4O/c27-18-6-8-24-21(12-18)22(26(33)31-24)14-29-19-7-9-25(23(28)13-19)30-20-10-11-32(16-20)15-17-4-2-1-3-5-17/h1-9,12-14,20,29-30H,10-11,15-16H2,(H,31,33)/b22-14-. The van der Waals surface area contributed by atoms with Crippen LogP contribution in [0.4, 0.5) is 25.8 Å². The van der Waals surface area contributed by atoms with E-state index in [4.69, 9.17) is 0 Å². The lowest BCUT2D eigenvalue weighted by Crippen LogP contribution is -2.26. The molecule has 0 aromatic heterocycles. The van der Waals surface area contributed by atoms with Crippen LogP contribution in [0.25, 0.3) is 5.57 Å². The van der Waals surface area contributed by atoms with E-state index in [-0.39, 0.29) is 17.8 Å². The summed E-state index contributed by atoms with van der Waals surface area (Å²) in [6.07, 6.45) is 2.42. The van der Waals surface area contributed by atoms with Crippen molar-refractivity contribution in [2.24, 2.45) is 0 Å². The second-order valence-electron chi connectivity index (χ2n) is 8.39. The molecule has 2 aliphatic rings. The quantitative estimate of drug-likeness (QED) is 0.464. The highest BCUT2D eigenvalue weighted by molar-refractivity contribution is 6.31. The number of fused-ring (bicyclic) bond motifs is 1. The van der Waals surface area contributed by atoms with Gasteiger partial charge < -0.3 is 16.0 Å². The number of anilines is 3. The molecule has 0 radical (unpaired) electrons. The second-order valence-corrected chi connectivity index (χ2v) is 8.39. The summed E-state index contributed by atoms with van der Waals surface area (Å²) in [4.78, 5) is 14.6. The summed E-state index contributed by atoms with van der Waals surface area (Å²) in [6, 6.07) is 19.4. The number of hydrogen-bond donors (Lipinski definition) is 3. The largest absolute Gasteiger partial charge is 0.379 e. The van der Waals surface area contributed by atoms with E-state index >= 15 is 0 Å². The van der Waals surface area contributed by atoms with Gasteiger partial charge in [-0.2, -0.15) is 0 Å². The molecule has 1 saturated heterocycles. The van der Waals surface area contributed by atoms with Gasteiger partial charge in [0.15, 0.2) is 0 Å². The molecule has 1 unspecified atom stereocenters. The van der Waals surface area contributed by atoms with Crippen LogP contribution >= 0.6 is 0 Å². The summed E-state index contributed by atoms with van der Waals surface area (Å²) in [5.74, 6) is -1.13. The fourth-order valence-electron chi connectivity index (χ4n) is 4.34. The normalized spacial score (nSPS) is 18.9. The predicted octanol–water partition coefficient (Wildman–Crippen LogP) is 5.06. The van der Waals surface area contributed by atoms with Crippen LogP contribution in [0.1, 0.15) is 17.5 Å². The fraction of sp³-hybridized carbons (Fsp3) is 0.192. The van der Waals surface area contributed by atoms with Crippen molar-refractivity contribution in [3.8, 4) is 0 Å². The third-order valence-electron chi connectivity index (χ3n) is 6.00. The van der Waals surface area contributed by atoms with Gasteiger partial charge in [0.25, 0.3) is 5.91 Å². The molecule has 7 heteroatoms. The molecule has 3 aromatic rings.